The Labute approximate surface area is 201 Å². The maximum Gasteiger partial charge on any atom is 0.150 e. The number of benzene rings is 2. The van der Waals surface area contributed by atoms with Crippen molar-refractivity contribution in [3.63, 3.8) is 0 Å². The SMILES string of the molecule is C[C@@H]1C[C@@H](Cn2cnc3cc(-c4cnn(C5CCCCO5)c4)ccc32)CN1Cc1ccccc1. The number of imidazole rings is 1. The molecule has 34 heavy (non-hydrogen) atoms. The van der Waals surface area contributed by atoms with Crippen molar-refractivity contribution >= 4 is 11.0 Å². The van der Waals surface area contributed by atoms with Gasteiger partial charge in [0.05, 0.1) is 23.6 Å². The first kappa shape index (κ1) is 21.6. The largest absolute Gasteiger partial charge is 0.357 e. The van der Waals surface area contributed by atoms with Crippen molar-refractivity contribution < 1.29 is 4.74 Å². The van der Waals surface area contributed by atoms with Gasteiger partial charge in [0.1, 0.15) is 6.23 Å². The smallest absolute Gasteiger partial charge is 0.150 e. The standard InChI is InChI=1S/C28H33N5O/c1-21-13-23(17-31(21)16-22-7-3-2-4-8-22)18-32-20-29-26-14-24(10-11-27(26)32)25-15-30-33(19-25)28-9-5-6-12-34-28/h2-4,7-8,10-11,14-15,19-21,23,28H,5-6,9,12-13,16-18H2,1H3/t21-,23-,28?/m1/s1. The fraction of sp³-hybridized carbons (Fsp3) is 0.429. The predicted molar refractivity (Wildman–Crippen MR) is 134 cm³/mol. The second-order valence-electron chi connectivity index (χ2n) is 10.00. The number of hydrogen-bond acceptors (Lipinski definition) is 4. The Hall–Kier alpha value is -2.96. The summed E-state index contributed by atoms with van der Waals surface area (Å²) in [6.07, 6.45) is 10.7. The molecule has 1 unspecified atom stereocenters. The molecule has 0 spiro atoms. The fourth-order valence-corrected chi connectivity index (χ4v) is 5.63. The number of aromatic nitrogens is 4. The van der Waals surface area contributed by atoms with Crippen LogP contribution in [0.4, 0.5) is 0 Å². The van der Waals surface area contributed by atoms with Crippen LogP contribution in [0.5, 0.6) is 0 Å². The lowest BCUT2D eigenvalue weighted by Gasteiger charge is -2.22. The van der Waals surface area contributed by atoms with Gasteiger partial charge in [-0.15, -0.1) is 0 Å². The first-order valence-electron chi connectivity index (χ1n) is 12.6. The Morgan fingerprint density at radius 3 is 2.82 bits per heavy atom. The van der Waals surface area contributed by atoms with Crippen LogP contribution in [0.3, 0.4) is 0 Å². The lowest BCUT2D eigenvalue weighted by atomic mass is 10.1. The number of ether oxygens (including phenoxy) is 1. The van der Waals surface area contributed by atoms with E-state index >= 15 is 0 Å². The van der Waals surface area contributed by atoms with E-state index in [1.165, 1.54) is 23.9 Å². The maximum absolute atomic E-state index is 5.88. The van der Waals surface area contributed by atoms with Gasteiger partial charge in [-0.2, -0.15) is 5.10 Å². The van der Waals surface area contributed by atoms with Crippen LogP contribution in [0.15, 0.2) is 67.3 Å². The number of nitrogens with zero attached hydrogens (tertiary/aromatic N) is 5. The summed E-state index contributed by atoms with van der Waals surface area (Å²) in [6, 6.07) is 18.0. The van der Waals surface area contributed by atoms with Crippen LogP contribution in [0.25, 0.3) is 22.2 Å². The number of likely N-dealkylation sites (tertiary alicyclic amines) is 1. The van der Waals surface area contributed by atoms with E-state index in [4.69, 9.17) is 9.72 Å². The van der Waals surface area contributed by atoms with Crippen LogP contribution < -0.4 is 0 Å². The second-order valence-corrected chi connectivity index (χ2v) is 10.00. The third-order valence-electron chi connectivity index (χ3n) is 7.48. The van der Waals surface area contributed by atoms with Gasteiger partial charge in [-0.05, 0) is 61.8 Å². The monoisotopic (exact) mass is 455 g/mol. The Bertz CT molecular complexity index is 1240. The lowest BCUT2D eigenvalue weighted by molar-refractivity contribution is -0.0394. The van der Waals surface area contributed by atoms with Crippen LogP contribution >= 0.6 is 0 Å². The van der Waals surface area contributed by atoms with E-state index in [-0.39, 0.29) is 6.23 Å². The normalized spacial score (nSPS) is 23.6. The summed E-state index contributed by atoms with van der Waals surface area (Å²) in [7, 11) is 0. The second kappa shape index (κ2) is 9.35. The summed E-state index contributed by atoms with van der Waals surface area (Å²) in [6.45, 7) is 6.37. The molecule has 0 saturated carbocycles. The van der Waals surface area contributed by atoms with Crippen molar-refractivity contribution in [1.82, 2.24) is 24.2 Å². The zero-order valence-electron chi connectivity index (χ0n) is 19.9. The average molecular weight is 456 g/mol. The highest BCUT2D eigenvalue weighted by atomic mass is 16.5. The molecule has 2 aliphatic heterocycles. The van der Waals surface area contributed by atoms with Gasteiger partial charge < -0.3 is 9.30 Å². The molecule has 3 atom stereocenters. The first-order chi connectivity index (χ1) is 16.7. The summed E-state index contributed by atoms with van der Waals surface area (Å²) in [5.41, 5.74) is 5.93. The summed E-state index contributed by atoms with van der Waals surface area (Å²) < 4.78 is 10.2. The molecule has 6 heteroatoms. The maximum atomic E-state index is 5.88. The molecule has 4 aromatic rings. The van der Waals surface area contributed by atoms with Crippen molar-refractivity contribution in [2.24, 2.45) is 5.92 Å². The molecule has 2 fully saturated rings. The molecule has 4 heterocycles. The van der Waals surface area contributed by atoms with E-state index in [2.05, 4.69) is 76.2 Å². The van der Waals surface area contributed by atoms with Crippen LogP contribution in [-0.4, -0.2) is 43.4 Å². The minimum Gasteiger partial charge on any atom is -0.357 e. The third kappa shape index (κ3) is 4.40. The van der Waals surface area contributed by atoms with Crippen molar-refractivity contribution in [2.45, 2.75) is 58.0 Å². The average Bonchev–Trinajstić information content (AvgIpc) is 3.60. The number of fused-ring (bicyclic) bond motifs is 1. The highest BCUT2D eigenvalue weighted by molar-refractivity contribution is 5.81. The van der Waals surface area contributed by atoms with Crippen LogP contribution in [0, 0.1) is 5.92 Å². The topological polar surface area (TPSA) is 48.1 Å². The molecule has 176 valence electrons. The van der Waals surface area contributed by atoms with Gasteiger partial charge >= 0.3 is 0 Å². The molecule has 0 amide bonds. The number of hydrogen-bond donors (Lipinski definition) is 0. The molecule has 2 aromatic carbocycles. The van der Waals surface area contributed by atoms with E-state index in [0.717, 1.165) is 55.7 Å². The summed E-state index contributed by atoms with van der Waals surface area (Å²) in [4.78, 5) is 7.36. The highest BCUT2D eigenvalue weighted by Crippen LogP contribution is 2.30. The van der Waals surface area contributed by atoms with Crippen LogP contribution in [0.2, 0.25) is 0 Å². The molecule has 6 nitrogen and oxygen atoms in total. The predicted octanol–water partition coefficient (Wildman–Crippen LogP) is 5.51. The van der Waals surface area contributed by atoms with Crippen LogP contribution in [-0.2, 0) is 17.8 Å². The van der Waals surface area contributed by atoms with Gasteiger partial charge in [0.2, 0.25) is 0 Å². The Kier molecular flexibility index (Phi) is 5.93. The molecule has 0 radical (unpaired) electrons. The molecular weight excluding hydrogens is 422 g/mol. The Morgan fingerprint density at radius 1 is 1.06 bits per heavy atom. The van der Waals surface area contributed by atoms with Crippen molar-refractivity contribution in [2.75, 3.05) is 13.2 Å². The van der Waals surface area contributed by atoms with Gasteiger partial charge in [0.15, 0.2) is 0 Å². The minimum absolute atomic E-state index is 0.0701. The zero-order chi connectivity index (χ0) is 22.9. The quantitative estimate of drug-likeness (QED) is 0.385. The van der Waals surface area contributed by atoms with E-state index in [9.17, 15) is 0 Å². The Morgan fingerprint density at radius 2 is 1.97 bits per heavy atom. The summed E-state index contributed by atoms with van der Waals surface area (Å²) in [5.74, 6) is 0.643. The third-order valence-corrected chi connectivity index (χ3v) is 7.48. The van der Waals surface area contributed by atoms with E-state index in [0.29, 0.717) is 12.0 Å². The molecule has 0 N–H and O–H groups in total. The highest BCUT2D eigenvalue weighted by Gasteiger charge is 2.29. The fourth-order valence-electron chi connectivity index (χ4n) is 5.63. The molecule has 2 aliphatic rings. The van der Waals surface area contributed by atoms with Crippen molar-refractivity contribution in [3.05, 3.63) is 72.8 Å². The van der Waals surface area contributed by atoms with E-state index in [1.807, 2.05) is 17.2 Å². The molecule has 0 aliphatic carbocycles. The molecular formula is C28H33N5O. The van der Waals surface area contributed by atoms with Gasteiger partial charge in [-0.3, -0.25) is 4.90 Å². The lowest BCUT2D eigenvalue weighted by Crippen LogP contribution is -2.26. The first-order valence-corrected chi connectivity index (χ1v) is 12.6. The van der Waals surface area contributed by atoms with Gasteiger partial charge in [0, 0.05) is 44.0 Å². The molecule has 0 bridgehead atoms. The Balaban J connectivity index is 1.14. The zero-order valence-corrected chi connectivity index (χ0v) is 19.9. The van der Waals surface area contributed by atoms with Gasteiger partial charge in [-0.25, -0.2) is 9.67 Å². The summed E-state index contributed by atoms with van der Waals surface area (Å²) >= 11 is 0. The molecule has 2 saturated heterocycles. The molecule has 2 aromatic heterocycles. The molecule has 6 rings (SSSR count). The van der Waals surface area contributed by atoms with E-state index < -0.39 is 0 Å². The van der Waals surface area contributed by atoms with Crippen LogP contribution in [0.1, 0.15) is 44.4 Å². The van der Waals surface area contributed by atoms with Crippen molar-refractivity contribution in [3.8, 4) is 11.1 Å². The number of rotatable bonds is 6. The minimum atomic E-state index is 0.0701. The van der Waals surface area contributed by atoms with E-state index in [1.54, 1.807) is 0 Å². The van der Waals surface area contributed by atoms with Gasteiger partial charge in [-0.1, -0.05) is 36.4 Å². The summed E-state index contributed by atoms with van der Waals surface area (Å²) in [5, 5.41) is 4.58. The van der Waals surface area contributed by atoms with Gasteiger partial charge in [0.25, 0.3) is 0 Å². The van der Waals surface area contributed by atoms with Crippen molar-refractivity contribution in [1.29, 1.82) is 0 Å².